The Hall–Kier alpha value is -2.46. The fourth-order valence-electron chi connectivity index (χ4n) is 2.28. The Morgan fingerprint density at radius 2 is 1.57 bits per heavy atom. The van der Waals surface area contributed by atoms with Gasteiger partial charge in [0.15, 0.2) is 0 Å². The summed E-state index contributed by atoms with van der Waals surface area (Å²) in [5, 5.41) is 11.2. The number of carboxylic acid groups (broad SMARTS) is 1. The van der Waals surface area contributed by atoms with Crippen LogP contribution in [0.2, 0.25) is 0 Å². The number of hydrogen-bond acceptors (Lipinski definition) is 2. The van der Waals surface area contributed by atoms with Crippen LogP contribution in [0.5, 0.6) is 0 Å². The second kappa shape index (κ2) is 5.50. The Morgan fingerprint density at radius 1 is 0.905 bits per heavy atom. The summed E-state index contributed by atoms with van der Waals surface area (Å²) >= 11 is 1.41. The maximum Gasteiger partial charge on any atom is 0.336 e. The smallest absolute Gasteiger partial charge is 0.336 e. The third-order valence-corrected chi connectivity index (χ3v) is 4.18. The van der Waals surface area contributed by atoms with Crippen molar-refractivity contribution in [3.8, 4) is 21.6 Å². The van der Waals surface area contributed by atoms with E-state index in [0.717, 1.165) is 4.88 Å². The van der Waals surface area contributed by atoms with Gasteiger partial charge < -0.3 is 5.11 Å². The molecule has 21 heavy (non-hydrogen) atoms. The Morgan fingerprint density at radius 3 is 2.29 bits per heavy atom. The van der Waals surface area contributed by atoms with Gasteiger partial charge in [-0.25, -0.2) is 9.18 Å². The predicted molar refractivity (Wildman–Crippen MR) is 82.1 cm³/mol. The molecule has 0 aliphatic heterocycles. The van der Waals surface area contributed by atoms with Gasteiger partial charge >= 0.3 is 5.97 Å². The molecular weight excluding hydrogens is 287 g/mol. The molecule has 104 valence electrons. The van der Waals surface area contributed by atoms with E-state index in [1.54, 1.807) is 42.5 Å². The lowest BCUT2D eigenvalue weighted by Gasteiger charge is -2.08. The van der Waals surface area contributed by atoms with Crippen LogP contribution in [0.4, 0.5) is 4.39 Å². The molecule has 2 nitrogen and oxygen atoms in total. The molecule has 0 atom stereocenters. The van der Waals surface area contributed by atoms with Crippen molar-refractivity contribution in [3.05, 3.63) is 71.4 Å². The number of hydrogen-bond donors (Lipinski definition) is 1. The minimum Gasteiger partial charge on any atom is -0.478 e. The number of aromatic carboxylic acids is 1. The van der Waals surface area contributed by atoms with Gasteiger partial charge in [-0.05, 0) is 23.6 Å². The second-order valence-corrected chi connectivity index (χ2v) is 5.41. The van der Waals surface area contributed by atoms with Gasteiger partial charge in [-0.2, -0.15) is 0 Å². The predicted octanol–water partition coefficient (Wildman–Crippen LogP) is 4.92. The van der Waals surface area contributed by atoms with Gasteiger partial charge in [0.2, 0.25) is 0 Å². The summed E-state index contributed by atoms with van der Waals surface area (Å²) in [6, 6.07) is 15.1. The summed E-state index contributed by atoms with van der Waals surface area (Å²) in [6.07, 6.45) is 0. The first kappa shape index (κ1) is 13.5. The van der Waals surface area contributed by atoms with Gasteiger partial charge in [0.25, 0.3) is 0 Å². The van der Waals surface area contributed by atoms with Gasteiger partial charge in [-0.3, -0.25) is 0 Å². The van der Waals surface area contributed by atoms with Crippen LogP contribution < -0.4 is 0 Å². The first-order valence-electron chi connectivity index (χ1n) is 6.33. The zero-order valence-electron chi connectivity index (χ0n) is 10.9. The molecule has 4 heteroatoms. The van der Waals surface area contributed by atoms with E-state index < -0.39 is 5.97 Å². The molecule has 3 rings (SSSR count). The standard InChI is InChI=1S/C17H11FO2S/c18-15-8-4-3-5-11(15)13-9-10-21-16(13)12-6-1-2-7-14(12)17(19)20/h1-10H,(H,19,20). The van der Waals surface area contributed by atoms with Crippen LogP contribution in [0.15, 0.2) is 60.0 Å². The largest absolute Gasteiger partial charge is 0.478 e. The Balaban J connectivity index is 2.22. The van der Waals surface area contributed by atoms with Crippen molar-refractivity contribution in [1.82, 2.24) is 0 Å². The lowest BCUT2D eigenvalue weighted by Crippen LogP contribution is -1.98. The van der Waals surface area contributed by atoms with E-state index in [9.17, 15) is 14.3 Å². The first-order valence-corrected chi connectivity index (χ1v) is 7.21. The van der Waals surface area contributed by atoms with Crippen LogP contribution in [0.1, 0.15) is 10.4 Å². The van der Waals surface area contributed by atoms with Crippen molar-refractivity contribution in [2.24, 2.45) is 0 Å². The van der Waals surface area contributed by atoms with Crippen LogP contribution in [0, 0.1) is 5.82 Å². The van der Waals surface area contributed by atoms with Crippen LogP contribution >= 0.6 is 11.3 Å². The summed E-state index contributed by atoms with van der Waals surface area (Å²) < 4.78 is 14.0. The normalized spacial score (nSPS) is 10.5. The monoisotopic (exact) mass is 298 g/mol. The van der Waals surface area contributed by atoms with Crippen LogP contribution in [-0.2, 0) is 0 Å². The Labute approximate surface area is 125 Å². The molecule has 0 bridgehead atoms. The molecule has 0 aliphatic carbocycles. The van der Waals surface area contributed by atoms with E-state index in [1.807, 2.05) is 11.4 Å². The molecule has 0 radical (unpaired) electrons. The summed E-state index contributed by atoms with van der Waals surface area (Å²) in [4.78, 5) is 12.1. The fourth-order valence-corrected chi connectivity index (χ4v) is 3.23. The van der Waals surface area contributed by atoms with E-state index in [0.29, 0.717) is 16.7 Å². The molecule has 0 saturated heterocycles. The van der Waals surface area contributed by atoms with Gasteiger partial charge in [0.05, 0.1) is 5.56 Å². The van der Waals surface area contributed by atoms with E-state index >= 15 is 0 Å². The lowest BCUT2D eigenvalue weighted by atomic mass is 9.99. The number of benzene rings is 2. The zero-order valence-corrected chi connectivity index (χ0v) is 11.7. The SMILES string of the molecule is O=C(O)c1ccccc1-c1sccc1-c1ccccc1F. The fraction of sp³-hybridized carbons (Fsp3) is 0. The highest BCUT2D eigenvalue weighted by atomic mass is 32.1. The van der Waals surface area contributed by atoms with Crippen molar-refractivity contribution in [2.75, 3.05) is 0 Å². The lowest BCUT2D eigenvalue weighted by molar-refractivity contribution is 0.0698. The average molecular weight is 298 g/mol. The number of carboxylic acids is 1. The van der Waals surface area contributed by atoms with Crippen molar-refractivity contribution in [3.63, 3.8) is 0 Å². The number of halogens is 1. The maximum absolute atomic E-state index is 14.0. The highest BCUT2D eigenvalue weighted by Crippen LogP contribution is 2.39. The van der Waals surface area contributed by atoms with Gasteiger partial charge in [0, 0.05) is 21.6 Å². The van der Waals surface area contributed by atoms with Crippen molar-refractivity contribution >= 4 is 17.3 Å². The number of carbonyl (C=O) groups is 1. The maximum atomic E-state index is 14.0. The van der Waals surface area contributed by atoms with E-state index in [4.69, 9.17) is 0 Å². The topological polar surface area (TPSA) is 37.3 Å². The molecule has 0 aliphatic rings. The summed E-state index contributed by atoms with van der Waals surface area (Å²) in [5.74, 6) is -1.30. The molecule has 0 amide bonds. The minimum atomic E-state index is -0.988. The van der Waals surface area contributed by atoms with E-state index in [-0.39, 0.29) is 11.4 Å². The molecule has 0 unspecified atom stereocenters. The average Bonchev–Trinajstić information content (AvgIpc) is 2.96. The summed E-state index contributed by atoms with van der Waals surface area (Å²) in [6.45, 7) is 0. The highest BCUT2D eigenvalue weighted by molar-refractivity contribution is 7.14. The van der Waals surface area contributed by atoms with Crippen LogP contribution in [0.3, 0.4) is 0 Å². The van der Waals surface area contributed by atoms with Gasteiger partial charge in [0.1, 0.15) is 5.82 Å². The molecule has 1 N–H and O–H groups in total. The van der Waals surface area contributed by atoms with Gasteiger partial charge in [-0.15, -0.1) is 11.3 Å². The Kier molecular flexibility index (Phi) is 3.54. The molecule has 0 spiro atoms. The van der Waals surface area contributed by atoms with Gasteiger partial charge in [-0.1, -0.05) is 36.4 Å². The quantitative estimate of drug-likeness (QED) is 0.745. The van der Waals surface area contributed by atoms with Crippen molar-refractivity contribution in [2.45, 2.75) is 0 Å². The molecule has 2 aromatic carbocycles. The number of thiophene rings is 1. The highest BCUT2D eigenvalue weighted by Gasteiger charge is 2.17. The Bertz CT molecular complexity index is 808. The molecule has 3 aromatic rings. The van der Waals surface area contributed by atoms with Crippen molar-refractivity contribution in [1.29, 1.82) is 0 Å². The van der Waals surface area contributed by atoms with E-state index in [1.165, 1.54) is 17.4 Å². The minimum absolute atomic E-state index is 0.220. The second-order valence-electron chi connectivity index (χ2n) is 4.49. The van der Waals surface area contributed by atoms with Crippen molar-refractivity contribution < 1.29 is 14.3 Å². The molecule has 0 fully saturated rings. The molecule has 1 heterocycles. The third kappa shape index (κ3) is 2.45. The zero-order chi connectivity index (χ0) is 14.8. The number of rotatable bonds is 3. The summed E-state index contributed by atoms with van der Waals surface area (Å²) in [5.41, 5.74) is 2.02. The third-order valence-electron chi connectivity index (χ3n) is 3.23. The first-order chi connectivity index (χ1) is 10.2. The van der Waals surface area contributed by atoms with Crippen LogP contribution in [-0.4, -0.2) is 11.1 Å². The molecule has 1 aromatic heterocycles. The van der Waals surface area contributed by atoms with E-state index in [2.05, 4.69) is 0 Å². The molecular formula is C17H11FO2S. The summed E-state index contributed by atoms with van der Waals surface area (Å²) in [7, 11) is 0. The molecule has 0 saturated carbocycles. The van der Waals surface area contributed by atoms with Crippen LogP contribution in [0.25, 0.3) is 21.6 Å².